The highest BCUT2D eigenvalue weighted by Gasteiger charge is 2.34. The Morgan fingerprint density at radius 3 is 2.68 bits per heavy atom. The zero-order valence-corrected chi connectivity index (χ0v) is 23.9. The Bertz CT molecular complexity index is 1520. The van der Waals surface area contributed by atoms with Crippen LogP contribution in [-0.2, 0) is 11.3 Å². The van der Waals surface area contributed by atoms with Gasteiger partial charge in [-0.3, -0.25) is 14.7 Å². The first-order valence-electron chi connectivity index (χ1n) is 14.4. The van der Waals surface area contributed by atoms with E-state index in [2.05, 4.69) is 45.1 Å². The standard InChI is InChI=1S/C31H37N7O3/c1-20(2)19-41-29-24(23-9-10-32-17-26(23)40-3)6-7-25-28(29)36-31(34-25)35-27-16-21(8-11-33-27)18-37-12-14-38(15-13-37)30(39)22-4-5-22/h6-11,16-17,20,22H,4-5,12-15,18-19H2,1-3H3,(H2,33,34,35,36). The van der Waals surface area contributed by atoms with Gasteiger partial charge in [-0.15, -0.1) is 0 Å². The van der Waals surface area contributed by atoms with Gasteiger partial charge < -0.3 is 24.7 Å². The molecule has 0 unspecified atom stereocenters. The first-order valence-corrected chi connectivity index (χ1v) is 14.4. The largest absolute Gasteiger partial charge is 0.494 e. The van der Waals surface area contributed by atoms with Crippen molar-refractivity contribution in [1.82, 2.24) is 29.7 Å². The number of rotatable bonds is 10. The molecular weight excluding hydrogens is 518 g/mol. The van der Waals surface area contributed by atoms with Crippen LogP contribution in [0, 0.1) is 11.8 Å². The molecule has 2 aliphatic rings. The first kappa shape index (κ1) is 27.0. The third kappa shape index (κ3) is 6.12. The molecule has 1 saturated carbocycles. The molecule has 1 saturated heterocycles. The van der Waals surface area contributed by atoms with Crippen molar-refractivity contribution in [2.24, 2.45) is 11.8 Å². The van der Waals surface area contributed by atoms with Crippen LogP contribution in [0.2, 0.25) is 0 Å². The molecule has 1 aromatic carbocycles. The maximum atomic E-state index is 12.4. The molecular formula is C31H37N7O3. The molecule has 2 N–H and O–H groups in total. The highest BCUT2D eigenvalue weighted by atomic mass is 16.5. The number of methoxy groups -OCH3 is 1. The average Bonchev–Trinajstić information content (AvgIpc) is 3.75. The van der Waals surface area contributed by atoms with Gasteiger partial charge in [0.25, 0.3) is 0 Å². The van der Waals surface area contributed by atoms with E-state index in [-0.39, 0.29) is 5.92 Å². The number of aromatic nitrogens is 4. The molecule has 0 spiro atoms. The summed E-state index contributed by atoms with van der Waals surface area (Å²) in [6.45, 7) is 8.99. The quantitative estimate of drug-likeness (QED) is 0.286. The summed E-state index contributed by atoms with van der Waals surface area (Å²) in [7, 11) is 1.64. The van der Waals surface area contributed by atoms with Gasteiger partial charge in [0, 0.05) is 62.2 Å². The number of hydrogen-bond acceptors (Lipinski definition) is 8. The van der Waals surface area contributed by atoms with Crippen LogP contribution in [0.1, 0.15) is 32.3 Å². The molecule has 3 aromatic heterocycles. The topological polar surface area (TPSA) is 109 Å². The van der Waals surface area contributed by atoms with Gasteiger partial charge in [-0.1, -0.05) is 13.8 Å². The van der Waals surface area contributed by atoms with Crippen LogP contribution in [-0.4, -0.2) is 75.5 Å². The lowest BCUT2D eigenvalue weighted by Gasteiger charge is -2.34. The minimum absolute atomic E-state index is 0.288. The van der Waals surface area contributed by atoms with E-state index in [9.17, 15) is 4.79 Å². The van der Waals surface area contributed by atoms with E-state index in [1.807, 2.05) is 35.4 Å². The lowest BCUT2D eigenvalue weighted by Crippen LogP contribution is -2.48. The molecule has 10 nitrogen and oxygen atoms in total. The molecule has 41 heavy (non-hydrogen) atoms. The molecule has 214 valence electrons. The van der Waals surface area contributed by atoms with Crippen molar-refractivity contribution in [2.75, 3.05) is 45.2 Å². The number of amides is 1. The van der Waals surface area contributed by atoms with Crippen LogP contribution in [0.5, 0.6) is 11.5 Å². The highest BCUT2D eigenvalue weighted by Crippen LogP contribution is 2.40. The molecule has 4 heterocycles. The molecule has 1 aliphatic carbocycles. The summed E-state index contributed by atoms with van der Waals surface area (Å²) in [4.78, 5) is 33.8. The van der Waals surface area contributed by atoms with Crippen molar-refractivity contribution in [1.29, 1.82) is 0 Å². The van der Waals surface area contributed by atoms with E-state index >= 15 is 0 Å². The number of H-pyrrole nitrogens is 1. The van der Waals surface area contributed by atoms with Gasteiger partial charge >= 0.3 is 0 Å². The number of aromatic amines is 1. The summed E-state index contributed by atoms with van der Waals surface area (Å²) >= 11 is 0. The Morgan fingerprint density at radius 2 is 1.93 bits per heavy atom. The number of carbonyl (C=O) groups excluding carboxylic acids is 1. The van der Waals surface area contributed by atoms with E-state index in [0.29, 0.717) is 41.7 Å². The number of nitrogens with one attached hydrogen (secondary N) is 2. The van der Waals surface area contributed by atoms with Gasteiger partial charge in [-0.2, -0.15) is 0 Å². The summed E-state index contributed by atoms with van der Waals surface area (Å²) in [5.41, 5.74) is 4.55. The van der Waals surface area contributed by atoms with Gasteiger partial charge in [0.2, 0.25) is 11.9 Å². The van der Waals surface area contributed by atoms with Crippen LogP contribution in [0.25, 0.3) is 22.2 Å². The fourth-order valence-electron chi connectivity index (χ4n) is 5.22. The Kier molecular flexibility index (Phi) is 7.74. The van der Waals surface area contributed by atoms with E-state index in [0.717, 1.165) is 73.3 Å². The van der Waals surface area contributed by atoms with Crippen LogP contribution in [0.4, 0.5) is 11.8 Å². The van der Waals surface area contributed by atoms with Crippen molar-refractivity contribution in [3.63, 3.8) is 0 Å². The summed E-state index contributed by atoms with van der Waals surface area (Å²) in [5, 5.41) is 3.35. The van der Waals surface area contributed by atoms with Crippen molar-refractivity contribution in [2.45, 2.75) is 33.2 Å². The second kappa shape index (κ2) is 11.7. The van der Waals surface area contributed by atoms with E-state index in [4.69, 9.17) is 14.5 Å². The highest BCUT2D eigenvalue weighted by molar-refractivity contribution is 5.93. The molecule has 0 atom stereocenters. The monoisotopic (exact) mass is 555 g/mol. The lowest BCUT2D eigenvalue weighted by molar-refractivity contribution is -0.134. The van der Waals surface area contributed by atoms with Gasteiger partial charge in [0.15, 0.2) is 5.75 Å². The third-order valence-corrected chi connectivity index (χ3v) is 7.55. The van der Waals surface area contributed by atoms with Crippen molar-refractivity contribution >= 4 is 28.7 Å². The van der Waals surface area contributed by atoms with E-state index < -0.39 is 0 Å². The first-order chi connectivity index (χ1) is 20.0. The van der Waals surface area contributed by atoms with Crippen molar-refractivity contribution in [3.05, 3.63) is 54.5 Å². The lowest BCUT2D eigenvalue weighted by atomic mass is 10.0. The van der Waals surface area contributed by atoms with Gasteiger partial charge in [-0.25, -0.2) is 9.97 Å². The van der Waals surface area contributed by atoms with Crippen molar-refractivity contribution < 1.29 is 14.3 Å². The van der Waals surface area contributed by atoms with Crippen LogP contribution in [0.3, 0.4) is 0 Å². The van der Waals surface area contributed by atoms with Crippen molar-refractivity contribution in [3.8, 4) is 22.6 Å². The molecule has 0 bridgehead atoms. The predicted molar refractivity (Wildman–Crippen MR) is 158 cm³/mol. The Labute approximate surface area is 240 Å². The molecule has 1 amide bonds. The normalized spacial score (nSPS) is 15.9. The number of fused-ring (bicyclic) bond motifs is 1. The molecule has 0 radical (unpaired) electrons. The molecule has 1 aliphatic heterocycles. The number of pyridine rings is 2. The summed E-state index contributed by atoms with van der Waals surface area (Å²) in [6.07, 6.45) is 7.39. The number of piperazine rings is 1. The van der Waals surface area contributed by atoms with E-state index in [1.165, 1.54) is 0 Å². The molecule has 2 fully saturated rings. The summed E-state index contributed by atoms with van der Waals surface area (Å²) < 4.78 is 11.9. The number of anilines is 2. The number of benzene rings is 1. The number of nitrogens with zero attached hydrogens (tertiary/aromatic N) is 5. The number of ether oxygens (including phenoxy) is 2. The number of hydrogen-bond donors (Lipinski definition) is 2. The maximum absolute atomic E-state index is 12.4. The molecule has 6 rings (SSSR count). The van der Waals surface area contributed by atoms with E-state index in [1.54, 1.807) is 19.5 Å². The number of carbonyl (C=O) groups is 1. The third-order valence-electron chi connectivity index (χ3n) is 7.55. The second-order valence-electron chi connectivity index (χ2n) is 11.3. The van der Waals surface area contributed by atoms with Gasteiger partial charge in [0.05, 0.1) is 25.4 Å². The fraction of sp³-hybridized carbons (Fsp3) is 0.419. The van der Waals surface area contributed by atoms with Crippen LogP contribution in [0.15, 0.2) is 48.9 Å². The summed E-state index contributed by atoms with van der Waals surface area (Å²) in [6, 6.07) is 10.0. The zero-order chi connectivity index (χ0) is 28.3. The maximum Gasteiger partial charge on any atom is 0.225 e. The minimum atomic E-state index is 0.288. The minimum Gasteiger partial charge on any atom is -0.494 e. The van der Waals surface area contributed by atoms with Gasteiger partial charge in [-0.05, 0) is 54.7 Å². The predicted octanol–water partition coefficient (Wildman–Crippen LogP) is 4.86. The fourth-order valence-corrected chi connectivity index (χ4v) is 5.22. The zero-order valence-electron chi connectivity index (χ0n) is 23.9. The van der Waals surface area contributed by atoms with Crippen LogP contribution >= 0.6 is 0 Å². The number of imidazole rings is 1. The SMILES string of the molecule is COc1cnccc1-c1ccc2[nH]c(Nc3cc(CN4CCN(C(=O)C5CC5)CC4)ccn3)nc2c1OCC(C)C. The Balaban J connectivity index is 1.20. The summed E-state index contributed by atoms with van der Waals surface area (Å²) in [5.74, 6) is 3.66. The van der Waals surface area contributed by atoms with Gasteiger partial charge in [0.1, 0.15) is 17.1 Å². The second-order valence-corrected chi connectivity index (χ2v) is 11.3. The molecule has 10 heteroatoms. The van der Waals surface area contributed by atoms with Crippen LogP contribution < -0.4 is 14.8 Å². The average molecular weight is 556 g/mol. The smallest absolute Gasteiger partial charge is 0.225 e. The Morgan fingerprint density at radius 1 is 1.10 bits per heavy atom. The Hall–Kier alpha value is -4.18. The molecule has 4 aromatic rings.